The molecule has 0 amide bonds. The van der Waals surface area contributed by atoms with Crippen LogP contribution in [0.15, 0.2) is 24.3 Å². The average Bonchev–Trinajstić information content (AvgIpc) is 2.53. The van der Waals surface area contributed by atoms with Gasteiger partial charge in [-0.1, -0.05) is 32.8 Å². The topological polar surface area (TPSA) is 29.5 Å². The van der Waals surface area contributed by atoms with Crippen molar-refractivity contribution in [3.05, 3.63) is 29.8 Å². The SMILES string of the molecule is CCCCN(CCCC)CCCOc1cccc(C(=O)Cl)c1.Cl. The van der Waals surface area contributed by atoms with Crippen molar-refractivity contribution in [2.75, 3.05) is 26.2 Å². The number of hydrogen-bond acceptors (Lipinski definition) is 3. The van der Waals surface area contributed by atoms with Gasteiger partial charge in [-0.25, -0.2) is 0 Å². The molecule has 1 aromatic rings. The largest absolute Gasteiger partial charge is 0.494 e. The summed E-state index contributed by atoms with van der Waals surface area (Å²) in [5.74, 6) is 0.708. The Labute approximate surface area is 151 Å². The van der Waals surface area contributed by atoms with Gasteiger partial charge in [0.25, 0.3) is 5.24 Å². The Morgan fingerprint density at radius 2 is 1.70 bits per heavy atom. The van der Waals surface area contributed by atoms with Crippen LogP contribution < -0.4 is 4.74 Å². The molecule has 0 atom stereocenters. The maximum Gasteiger partial charge on any atom is 0.252 e. The van der Waals surface area contributed by atoms with E-state index in [1.165, 1.54) is 38.8 Å². The second-order valence-electron chi connectivity index (χ2n) is 5.55. The van der Waals surface area contributed by atoms with E-state index in [0.717, 1.165) is 13.0 Å². The van der Waals surface area contributed by atoms with Crippen molar-refractivity contribution >= 4 is 29.3 Å². The molecule has 0 N–H and O–H groups in total. The number of hydrogen-bond donors (Lipinski definition) is 0. The summed E-state index contributed by atoms with van der Waals surface area (Å²) in [6.07, 6.45) is 5.97. The van der Waals surface area contributed by atoms with Crippen LogP contribution in [0.3, 0.4) is 0 Å². The van der Waals surface area contributed by atoms with Crippen molar-refractivity contribution < 1.29 is 9.53 Å². The van der Waals surface area contributed by atoms with Crippen LogP contribution in [0.5, 0.6) is 5.75 Å². The number of rotatable bonds is 12. The van der Waals surface area contributed by atoms with E-state index in [0.29, 0.717) is 17.9 Å². The summed E-state index contributed by atoms with van der Waals surface area (Å²) < 4.78 is 5.72. The number of benzene rings is 1. The molecular weight excluding hydrogens is 333 g/mol. The minimum absolute atomic E-state index is 0. The van der Waals surface area contributed by atoms with Gasteiger partial charge in [0.05, 0.1) is 6.61 Å². The lowest BCUT2D eigenvalue weighted by Crippen LogP contribution is -2.28. The maximum absolute atomic E-state index is 11.1. The van der Waals surface area contributed by atoms with Gasteiger partial charge in [-0.15, -0.1) is 12.4 Å². The molecule has 1 aromatic carbocycles. The van der Waals surface area contributed by atoms with Gasteiger partial charge < -0.3 is 9.64 Å². The molecule has 0 heterocycles. The van der Waals surface area contributed by atoms with Crippen LogP contribution in [0.25, 0.3) is 0 Å². The molecule has 0 bridgehead atoms. The molecule has 0 unspecified atom stereocenters. The van der Waals surface area contributed by atoms with E-state index in [2.05, 4.69) is 18.7 Å². The minimum atomic E-state index is -0.448. The molecule has 23 heavy (non-hydrogen) atoms. The zero-order chi connectivity index (χ0) is 16.2. The molecule has 0 aliphatic heterocycles. The van der Waals surface area contributed by atoms with Crippen LogP contribution in [-0.4, -0.2) is 36.4 Å². The Kier molecular flexibility index (Phi) is 13.2. The highest BCUT2D eigenvalue weighted by molar-refractivity contribution is 6.67. The fourth-order valence-corrected chi connectivity index (χ4v) is 2.40. The Balaban J connectivity index is 0.00000484. The number of halogens is 2. The highest BCUT2D eigenvalue weighted by atomic mass is 35.5. The van der Waals surface area contributed by atoms with Gasteiger partial charge in [0.15, 0.2) is 0 Å². The van der Waals surface area contributed by atoms with E-state index in [1.54, 1.807) is 18.2 Å². The third kappa shape index (κ3) is 9.85. The summed E-state index contributed by atoms with van der Waals surface area (Å²) >= 11 is 5.47. The summed E-state index contributed by atoms with van der Waals surface area (Å²) in [6, 6.07) is 7.04. The molecule has 1 rings (SSSR count). The molecule has 3 nitrogen and oxygen atoms in total. The third-order valence-corrected chi connectivity index (χ3v) is 3.82. The summed E-state index contributed by atoms with van der Waals surface area (Å²) in [5, 5.41) is -0.448. The lowest BCUT2D eigenvalue weighted by molar-refractivity contribution is 0.108. The summed E-state index contributed by atoms with van der Waals surface area (Å²) in [6.45, 7) is 8.53. The van der Waals surface area contributed by atoms with E-state index in [-0.39, 0.29) is 12.4 Å². The molecule has 5 heteroatoms. The van der Waals surface area contributed by atoms with Crippen LogP contribution in [-0.2, 0) is 0 Å². The van der Waals surface area contributed by atoms with Crippen molar-refractivity contribution in [2.45, 2.75) is 46.0 Å². The van der Waals surface area contributed by atoms with Gasteiger partial charge in [-0.05, 0) is 62.2 Å². The van der Waals surface area contributed by atoms with Gasteiger partial charge in [0.2, 0.25) is 0 Å². The van der Waals surface area contributed by atoms with Gasteiger partial charge in [-0.2, -0.15) is 0 Å². The van der Waals surface area contributed by atoms with E-state index in [4.69, 9.17) is 16.3 Å². The number of carbonyl (C=O) groups is 1. The van der Waals surface area contributed by atoms with Crippen LogP contribution in [0.4, 0.5) is 0 Å². The first-order valence-electron chi connectivity index (χ1n) is 8.32. The summed E-state index contributed by atoms with van der Waals surface area (Å²) in [5.41, 5.74) is 0.478. The first kappa shape index (κ1) is 22.2. The second kappa shape index (κ2) is 13.6. The number of nitrogens with zero attached hydrogens (tertiary/aromatic N) is 1. The maximum atomic E-state index is 11.1. The van der Waals surface area contributed by atoms with Crippen LogP contribution in [0.2, 0.25) is 0 Å². The predicted molar refractivity (Wildman–Crippen MR) is 100 cm³/mol. The Bertz CT molecular complexity index is 433. The van der Waals surface area contributed by atoms with Gasteiger partial charge in [0.1, 0.15) is 5.75 Å². The van der Waals surface area contributed by atoms with Crippen LogP contribution in [0, 0.1) is 0 Å². The van der Waals surface area contributed by atoms with Gasteiger partial charge in [0, 0.05) is 12.1 Å². The van der Waals surface area contributed by atoms with Crippen molar-refractivity contribution in [3.63, 3.8) is 0 Å². The highest BCUT2D eigenvalue weighted by Gasteiger charge is 2.05. The molecule has 0 saturated heterocycles. The zero-order valence-electron chi connectivity index (χ0n) is 14.2. The van der Waals surface area contributed by atoms with E-state index in [9.17, 15) is 4.79 Å². The summed E-state index contributed by atoms with van der Waals surface area (Å²) in [7, 11) is 0. The fourth-order valence-electron chi connectivity index (χ4n) is 2.29. The lowest BCUT2D eigenvalue weighted by atomic mass is 10.2. The predicted octanol–water partition coefficient (Wildman–Crippen LogP) is 5.16. The molecular formula is C18H29Cl2NO2. The average molecular weight is 362 g/mol. The van der Waals surface area contributed by atoms with Crippen molar-refractivity contribution in [3.8, 4) is 5.75 Å². The first-order chi connectivity index (χ1) is 10.7. The fraction of sp³-hybridized carbons (Fsp3) is 0.611. The number of carbonyl (C=O) groups excluding carboxylic acids is 1. The standard InChI is InChI=1S/C18H28ClNO2.ClH/c1-3-5-11-20(12-6-4-2)13-8-14-22-17-10-7-9-16(15-17)18(19)21;/h7,9-10,15H,3-6,8,11-14H2,1-2H3;1H. The molecule has 0 aromatic heterocycles. The quantitative estimate of drug-likeness (QED) is 0.380. The minimum Gasteiger partial charge on any atom is -0.494 e. The smallest absolute Gasteiger partial charge is 0.252 e. The van der Waals surface area contributed by atoms with E-state index < -0.39 is 5.24 Å². The Hall–Kier alpha value is -0.770. The summed E-state index contributed by atoms with van der Waals surface area (Å²) in [4.78, 5) is 13.6. The Morgan fingerprint density at radius 1 is 1.09 bits per heavy atom. The third-order valence-electron chi connectivity index (χ3n) is 3.60. The highest BCUT2D eigenvalue weighted by Crippen LogP contribution is 2.15. The molecule has 132 valence electrons. The van der Waals surface area contributed by atoms with Crippen molar-refractivity contribution in [2.24, 2.45) is 0 Å². The second-order valence-corrected chi connectivity index (χ2v) is 5.90. The molecule has 0 fully saturated rings. The van der Waals surface area contributed by atoms with Crippen LogP contribution in [0.1, 0.15) is 56.3 Å². The Morgan fingerprint density at radius 3 is 2.26 bits per heavy atom. The lowest BCUT2D eigenvalue weighted by Gasteiger charge is -2.21. The molecule has 0 spiro atoms. The molecule has 0 aliphatic rings. The molecule has 0 aliphatic carbocycles. The normalized spacial score (nSPS) is 10.4. The molecule has 0 radical (unpaired) electrons. The van der Waals surface area contributed by atoms with Crippen molar-refractivity contribution in [1.29, 1.82) is 0 Å². The zero-order valence-corrected chi connectivity index (χ0v) is 15.8. The van der Waals surface area contributed by atoms with E-state index >= 15 is 0 Å². The monoisotopic (exact) mass is 361 g/mol. The van der Waals surface area contributed by atoms with Crippen LogP contribution >= 0.6 is 24.0 Å². The first-order valence-corrected chi connectivity index (χ1v) is 8.70. The number of ether oxygens (including phenoxy) is 1. The number of unbranched alkanes of at least 4 members (excludes halogenated alkanes) is 2. The molecule has 0 saturated carbocycles. The van der Waals surface area contributed by atoms with Crippen molar-refractivity contribution in [1.82, 2.24) is 4.90 Å². The van der Waals surface area contributed by atoms with Gasteiger partial charge >= 0.3 is 0 Å². The van der Waals surface area contributed by atoms with Gasteiger partial charge in [-0.3, -0.25) is 4.79 Å². The van der Waals surface area contributed by atoms with E-state index in [1.807, 2.05) is 6.07 Å².